The molecule has 2 N–H and O–H groups in total. The van der Waals surface area contributed by atoms with Crippen LogP contribution in [-0.4, -0.2) is 19.7 Å². The standard InChI is InChI=1S/C6H7BrN2O3S/c1-13(11,12)9-5-3-8-2-4(7)6(5)10/h2-3,9H,1H3,(H,8,10). The van der Waals surface area contributed by atoms with Gasteiger partial charge in [0.25, 0.3) is 0 Å². The number of aromatic amines is 1. The Balaban J connectivity index is 3.18. The summed E-state index contributed by atoms with van der Waals surface area (Å²) in [5.41, 5.74) is -0.402. The maximum atomic E-state index is 11.3. The first-order valence-corrected chi connectivity index (χ1v) is 5.93. The molecule has 0 aliphatic rings. The van der Waals surface area contributed by atoms with E-state index in [4.69, 9.17) is 0 Å². The van der Waals surface area contributed by atoms with E-state index in [0.717, 1.165) is 6.26 Å². The molecule has 0 fully saturated rings. The van der Waals surface area contributed by atoms with Crippen molar-refractivity contribution in [2.75, 3.05) is 11.0 Å². The fraction of sp³-hybridized carbons (Fsp3) is 0.167. The minimum absolute atomic E-state index is 0.00289. The first kappa shape index (κ1) is 10.3. The summed E-state index contributed by atoms with van der Waals surface area (Å²) >= 11 is 2.98. The van der Waals surface area contributed by atoms with Gasteiger partial charge in [0.1, 0.15) is 5.69 Å². The van der Waals surface area contributed by atoms with E-state index in [1.165, 1.54) is 12.4 Å². The van der Waals surface area contributed by atoms with E-state index in [0.29, 0.717) is 0 Å². The third kappa shape index (κ3) is 2.85. The number of rotatable bonds is 2. The predicted octanol–water partition coefficient (Wildman–Crippen LogP) is 0.509. The first-order chi connectivity index (χ1) is 5.90. The lowest BCUT2D eigenvalue weighted by molar-refractivity contribution is 0.606. The number of hydrogen-bond acceptors (Lipinski definition) is 3. The largest absolute Gasteiger partial charge is 0.365 e. The Bertz CT molecular complexity index is 465. The van der Waals surface area contributed by atoms with Crippen LogP contribution in [0.1, 0.15) is 0 Å². The second-order valence-corrected chi connectivity index (χ2v) is 5.02. The van der Waals surface area contributed by atoms with Crippen molar-refractivity contribution in [3.63, 3.8) is 0 Å². The molecule has 0 saturated carbocycles. The molecular weight excluding hydrogens is 260 g/mol. The van der Waals surface area contributed by atoms with Crippen LogP contribution in [0, 0.1) is 0 Å². The van der Waals surface area contributed by atoms with Crippen LogP contribution < -0.4 is 10.2 Å². The van der Waals surface area contributed by atoms with E-state index in [2.05, 4.69) is 25.6 Å². The van der Waals surface area contributed by atoms with Gasteiger partial charge in [0.2, 0.25) is 15.5 Å². The van der Waals surface area contributed by atoms with E-state index in [1.54, 1.807) is 0 Å². The molecule has 0 aromatic carbocycles. The number of nitrogens with one attached hydrogen (secondary N) is 2. The molecule has 0 aliphatic carbocycles. The van der Waals surface area contributed by atoms with Crippen molar-refractivity contribution >= 4 is 31.6 Å². The van der Waals surface area contributed by atoms with Crippen molar-refractivity contribution in [2.24, 2.45) is 0 Å². The molecule has 72 valence electrons. The summed E-state index contributed by atoms with van der Waals surface area (Å²) in [6.45, 7) is 0. The zero-order chi connectivity index (χ0) is 10.1. The lowest BCUT2D eigenvalue weighted by atomic mass is 10.4. The van der Waals surface area contributed by atoms with Gasteiger partial charge in [-0.25, -0.2) is 8.42 Å². The Kier molecular flexibility index (Phi) is 2.77. The van der Waals surface area contributed by atoms with Gasteiger partial charge >= 0.3 is 0 Å². The molecule has 0 unspecified atom stereocenters. The molecule has 1 aromatic heterocycles. The molecule has 0 saturated heterocycles. The number of aromatic nitrogens is 1. The first-order valence-electron chi connectivity index (χ1n) is 3.24. The van der Waals surface area contributed by atoms with Gasteiger partial charge in [0, 0.05) is 12.4 Å². The SMILES string of the molecule is CS(=O)(=O)Nc1c[nH]cc(Br)c1=O. The number of sulfonamides is 1. The zero-order valence-corrected chi connectivity index (χ0v) is 9.07. The van der Waals surface area contributed by atoms with E-state index in [9.17, 15) is 13.2 Å². The van der Waals surface area contributed by atoms with Crippen molar-refractivity contribution in [1.29, 1.82) is 0 Å². The highest BCUT2D eigenvalue weighted by molar-refractivity contribution is 9.10. The topological polar surface area (TPSA) is 79.0 Å². The second kappa shape index (κ2) is 3.51. The molecule has 1 aromatic rings. The van der Waals surface area contributed by atoms with Crippen molar-refractivity contribution in [3.8, 4) is 0 Å². The minimum atomic E-state index is -3.41. The average molecular weight is 267 g/mol. The van der Waals surface area contributed by atoms with Gasteiger partial charge in [-0.05, 0) is 15.9 Å². The molecule has 0 spiro atoms. The van der Waals surface area contributed by atoms with Gasteiger partial charge in [-0.3, -0.25) is 9.52 Å². The van der Waals surface area contributed by atoms with E-state index >= 15 is 0 Å². The predicted molar refractivity (Wildman–Crippen MR) is 53.2 cm³/mol. The second-order valence-electron chi connectivity index (χ2n) is 2.42. The highest BCUT2D eigenvalue weighted by Crippen LogP contribution is 2.06. The number of anilines is 1. The van der Waals surface area contributed by atoms with Crippen LogP contribution in [-0.2, 0) is 10.0 Å². The van der Waals surface area contributed by atoms with Crippen molar-refractivity contribution in [3.05, 3.63) is 27.1 Å². The summed E-state index contributed by atoms with van der Waals surface area (Å²) in [7, 11) is -3.41. The van der Waals surface area contributed by atoms with Gasteiger partial charge in [0.05, 0.1) is 10.7 Å². The Labute approximate surface area is 83.4 Å². The van der Waals surface area contributed by atoms with Crippen LogP contribution in [0.5, 0.6) is 0 Å². The third-order valence-electron chi connectivity index (χ3n) is 1.19. The highest BCUT2D eigenvalue weighted by atomic mass is 79.9. The monoisotopic (exact) mass is 266 g/mol. The van der Waals surface area contributed by atoms with E-state index in [-0.39, 0.29) is 10.2 Å². The molecule has 1 heterocycles. The maximum absolute atomic E-state index is 11.3. The Morgan fingerprint density at radius 2 is 2.08 bits per heavy atom. The molecule has 7 heteroatoms. The molecule has 5 nitrogen and oxygen atoms in total. The van der Waals surface area contributed by atoms with Crippen LogP contribution in [0.4, 0.5) is 5.69 Å². The summed E-state index contributed by atoms with van der Waals surface area (Å²) in [6.07, 6.45) is 3.69. The Hall–Kier alpha value is -0.820. The van der Waals surface area contributed by atoms with E-state index < -0.39 is 15.5 Å². The third-order valence-corrected chi connectivity index (χ3v) is 2.37. The Morgan fingerprint density at radius 3 is 2.62 bits per heavy atom. The van der Waals surface area contributed by atoms with Crippen molar-refractivity contribution in [2.45, 2.75) is 0 Å². The van der Waals surface area contributed by atoms with Crippen LogP contribution in [0.25, 0.3) is 0 Å². The molecule has 1 rings (SSSR count). The quantitative estimate of drug-likeness (QED) is 0.819. The number of H-pyrrole nitrogens is 1. The highest BCUT2D eigenvalue weighted by Gasteiger charge is 2.06. The van der Waals surface area contributed by atoms with Gasteiger partial charge in [0.15, 0.2) is 0 Å². The fourth-order valence-corrected chi connectivity index (χ4v) is 1.63. The van der Waals surface area contributed by atoms with Crippen LogP contribution in [0.2, 0.25) is 0 Å². The minimum Gasteiger partial charge on any atom is -0.365 e. The summed E-state index contributed by atoms with van der Waals surface area (Å²) < 4.78 is 23.9. The number of halogens is 1. The molecule has 0 bridgehead atoms. The summed E-state index contributed by atoms with van der Waals surface area (Å²) in [5, 5.41) is 0. The maximum Gasteiger partial charge on any atom is 0.229 e. The molecule has 0 atom stereocenters. The van der Waals surface area contributed by atoms with Gasteiger partial charge in [-0.15, -0.1) is 0 Å². The van der Waals surface area contributed by atoms with Gasteiger partial charge in [-0.2, -0.15) is 0 Å². The summed E-state index contributed by atoms with van der Waals surface area (Å²) in [4.78, 5) is 13.9. The zero-order valence-electron chi connectivity index (χ0n) is 6.67. The van der Waals surface area contributed by atoms with Crippen LogP contribution in [0.3, 0.4) is 0 Å². The number of pyridine rings is 1. The molecule has 0 radical (unpaired) electrons. The van der Waals surface area contributed by atoms with Crippen molar-refractivity contribution < 1.29 is 8.42 Å². The summed E-state index contributed by atoms with van der Waals surface area (Å²) in [6, 6.07) is 0. The number of hydrogen-bond donors (Lipinski definition) is 2. The van der Waals surface area contributed by atoms with Crippen LogP contribution in [0.15, 0.2) is 21.7 Å². The van der Waals surface area contributed by atoms with Gasteiger partial charge < -0.3 is 4.98 Å². The van der Waals surface area contributed by atoms with Crippen molar-refractivity contribution in [1.82, 2.24) is 4.98 Å². The summed E-state index contributed by atoms with van der Waals surface area (Å²) in [5.74, 6) is 0. The fourth-order valence-electron chi connectivity index (χ4n) is 0.733. The normalized spacial score (nSPS) is 11.2. The molecule has 0 amide bonds. The van der Waals surface area contributed by atoms with E-state index in [1.807, 2.05) is 0 Å². The smallest absolute Gasteiger partial charge is 0.229 e. The molecule has 13 heavy (non-hydrogen) atoms. The average Bonchev–Trinajstić information content (AvgIpc) is 1.96. The van der Waals surface area contributed by atoms with Crippen LogP contribution >= 0.6 is 15.9 Å². The van der Waals surface area contributed by atoms with Gasteiger partial charge in [-0.1, -0.05) is 0 Å². The Morgan fingerprint density at radius 1 is 1.46 bits per heavy atom. The lowest BCUT2D eigenvalue weighted by Crippen LogP contribution is -2.17. The molecule has 0 aliphatic heterocycles. The lowest BCUT2D eigenvalue weighted by Gasteiger charge is -2.01. The molecular formula is C6H7BrN2O3S.